The number of carboxylic acid groups (broad SMARTS) is 1. The molecule has 148 valence electrons. The first-order valence-corrected chi connectivity index (χ1v) is 9.91. The number of carboxylic acids is 1. The lowest BCUT2D eigenvalue weighted by Gasteiger charge is -2.48. The minimum absolute atomic E-state index is 0.0999. The van der Waals surface area contributed by atoms with Crippen LogP contribution in [0.1, 0.15) is 5.56 Å². The molecule has 1 aromatic heterocycles. The molecule has 6 heteroatoms. The van der Waals surface area contributed by atoms with E-state index in [1.165, 1.54) is 0 Å². The molecule has 2 aromatic carbocycles. The van der Waals surface area contributed by atoms with Crippen LogP contribution in [-0.4, -0.2) is 48.8 Å². The quantitative estimate of drug-likeness (QED) is 0.742. The van der Waals surface area contributed by atoms with Crippen LogP contribution in [0.5, 0.6) is 5.75 Å². The summed E-state index contributed by atoms with van der Waals surface area (Å²) in [5.41, 5.74) is 3.05. The fourth-order valence-corrected chi connectivity index (χ4v) is 4.63. The van der Waals surface area contributed by atoms with Gasteiger partial charge in [0.2, 0.25) is 0 Å². The smallest absolute Gasteiger partial charge is 0.309 e. The molecule has 2 aliphatic rings. The fourth-order valence-electron chi connectivity index (χ4n) is 4.63. The summed E-state index contributed by atoms with van der Waals surface area (Å²) in [4.78, 5) is 21.6. The van der Waals surface area contributed by atoms with E-state index in [2.05, 4.69) is 28.0 Å². The van der Waals surface area contributed by atoms with Crippen LogP contribution in [-0.2, 0) is 11.2 Å². The average molecular weight is 389 g/mol. The Bertz CT molecular complexity index is 1070. The summed E-state index contributed by atoms with van der Waals surface area (Å²) in [7, 11) is 1.64. The van der Waals surface area contributed by atoms with Crippen molar-refractivity contribution in [1.82, 2.24) is 4.98 Å². The van der Waals surface area contributed by atoms with E-state index in [1.807, 2.05) is 36.4 Å². The molecule has 2 aliphatic heterocycles. The van der Waals surface area contributed by atoms with Gasteiger partial charge in [0.25, 0.3) is 0 Å². The molecule has 29 heavy (non-hydrogen) atoms. The molecule has 2 atom stereocenters. The first-order valence-electron chi connectivity index (χ1n) is 9.91. The number of aliphatic carboxylic acids is 1. The van der Waals surface area contributed by atoms with Crippen LogP contribution in [0.3, 0.4) is 0 Å². The van der Waals surface area contributed by atoms with Gasteiger partial charge in [-0.1, -0.05) is 18.2 Å². The van der Waals surface area contributed by atoms with Crippen molar-refractivity contribution in [3.05, 3.63) is 60.2 Å². The van der Waals surface area contributed by atoms with Crippen molar-refractivity contribution in [2.45, 2.75) is 12.5 Å². The van der Waals surface area contributed by atoms with Gasteiger partial charge in [0.05, 0.1) is 24.6 Å². The Morgan fingerprint density at radius 3 is 2.72 bits per heavy atom. The summed E-state index contributed by atoms with van der Waals surface area (Å²) >= 11 is 0. The van der Waals surface area contributed by atoms with Gasteiger partial charge in [-0.05, 0) is 48.4 Å². The first kappa shape index (κ1) is 17.8. The van der Waals surface area contributed by atoms with Gasteiger partial charge in [0.1, 0.15) is 11.6 Å². The number of hydrogen-bond acceptors (Lipinski definition) is 5. The number of ether oxygens (including phenoxy) is 1. The Kier molecular flexibility index (Phi) is 4.27. The highest BCUT2D eigenvalue weighted by atomic mass is 16.5. The number of aromatic nitrogens is 1. The molecule has 0 saturated carbocycles. The van der Waals surface area contributed by atoms with Crippen LogP contribution < -0.4 is 14.5 Å². The van der Waals surface area contributed by atoms with Crippen molar-refractivity contribution < 1.29 is 14.6 Å². The molecule has 5 rings (SSSR count). The van der Waals surface area contributed by atoms with Crippen molar-refractivity contribution in [3.8, 4) is 5.75 Å². The molecular formula is C23H23N3O3. The SMILES string of the molecule is COc1ccc2nc3c(cc2c1)CC(C(=O)O)C1CN(c2ccccc2)CCN31. The van der Waals surface area contributed by atoms with Gasteiger partial charge in [-0.3, -0.25) is 4.79 Å². The Labute approximate surface area is 169 Å². The van der Waals surface area contributed by atoms with Gasteiger partial charge in [-0.15, -0.1) is 0 Å². The largest absolute Gasteiger partial charge is 0.497 e. The molecule has 1 N–H and O–H groups in total. The third-order valence-corrected chi connectivity index (χ3v) is 6.11. The van der Waals surface area contributed by atoms with E-state index in [4.69, 9.17) is 9.72 Å². The van der Waals surface area contributed by atoms with Crippen molar-refractivity contribution in [2.75, 3.05) is 36.5 Å². The molecule has 0 radical (unpaired) electrons. The predicted octanol–water partition coefficient (Wildman–Crippen LogP) is 3.20. The van der Waals surface area contributed by atoms with E-state index in [9.17, 15) is 9.90 Å². The highest BCUT2D eigenvalue weighted by molar-refractivity contribution is 5.85. The van der Waals surface area contributed by atoms with Crippen molar-refractivity contribution in [2.24, 2.45) is 5.92 Å². The fraction of sp³-hybridized carbons (Fsp3) is 0.304. The molecule has 1 fully saturated rings. The minimum atomic E-state index is -0.744. The standard InChI is InChI=1S/C23H23N3O3/c1-29-18-7-8-20-15(12-18)11-16-13-19(23(27)28)21-14-25(17-5-3-2-4-6-17)9-10-26(21)22(16)24-20/h2-8,11-12,19,21H,9-10,13-14H2,1H3,(H,27,28). The summed E-state index contributed by atoms with van der Waals surface area (Å²) in [5, 5.41) is 10.9. The second-order valence-corrected chi connectivity index (χ2v) is 7.72. The van der Waals surface area contributed by atoms with Gasteiger partial charge in [0.15, 0.2) is 0 Å². The Morgan fingerprint density at radius 2 is 1.97 bits per heavy atom. The second kappa shape index (κ2) is 6.95. The Morgan fingerprint density at radius 1 is 1.14 bits per heavy atom. The van der Waals surface area contributed by atoms with E-state index in [0.29, 0.717) is 13.0 Å². The summed E-state index contributed by atoms with van der Waals surface area (Å²) in [6.45, 7) is 2.28. The van der Waals surface area contributed by atoms with Crippen molar-refractivity contribution in [1.29, 1.82) is 0 Å². The molecule has 0 spiro atoms. The molecule has 1 saturated heterocycles. The topological polar surface area (TPSA) is 65.9 Å². The number of carbonyl (C=O) groups is 1. The number of anilines is 2. The Hall–Kier alpha value is -3.28. The number of piperazine rings is 1. The number of rotatable bonds is 3. The average Bonchev–Trinajstić information content (AvgIpc) is 2.77. The monoisotopic (exact) mass is 389 g/mol. The normalized spacial score (nSPS) is 20.9. The third kappa shape index (κ3) is 3.05. The summed E-state index contributed by atoms with van der Waals surface area (Å²) in [6.07, 6.45) is 0.495. The number of methoxy groups -OCH3 is 1. The van der Waals surface area contributed by atoms with Gasteiger partial charge in [-0.2, -0.15) is 0 Å². The van der Waals surface area contributed by atoms with Crippen molar-refractivity contribution >= 4 is 28.4 Å². The van der Waals surface area contributed by atoms with E-state index >= 15 is 0 Å². The number of fused-ring (bicyclic) bond motifs is 4. The van der Waals surface area contributed by atoms with Crippen LogP contribution in [0.15, 0.2) is 54.6 Å². The lowest BCUT2D eigenvalue weighted by atomic mass is 9.85. The molecule has 0 aliphatic carbocycles. The van der Waals surface area contributed by atoms with Crippen LogP contribution >= 0.6 is 0 Å². The minimum Gasteiger partial charge on any atom is -0.497 e. The van der Waals surface area contributed by atoms with Crippen LogP contribution in [0.4, 0.5) is 11.5 Å². The summed E-state index contributed by atoms with van der Waals surface area (Å²) < 4.78 is 5.33. The van der Waals surface area contributed by atoms with Crippen molar-refractivity contribution in [3.63, 3.8) is 0 Å². The molecule has 2 unspecified atom stereocenters. The van der Waals surface area contributed by atoms with Gasteiger partial charge < -0.3 is 19.6 Å². The zero-order valence-corrected chi connectivity index (χ0v) is 16.3. The molecule has 0 amide bonds. The van der Waals surface area contributed by atoms with Crippen LogP contribution in [0.25, 0.3) is 10.9 Å². The number of para-hydroxylation sites is 1. The molecule has 3 heterocycles. The lowest BCUT2D eigenvalue weighted by Crippen LogP contribution is -2.60. The van der Waals surface area contributed by atoms with Gasteiger partial charge in [0, 0.05) is 30.7 Å². The summed E-state index contributed by atoms with van der Waals surface area (Å²) in [6, 6.07) is 18.0. The van der Waals surface area contributed by atoms with E-state index in [1.54, 1.807) is 7.11 Å². The highest BCUT2D eigenvalue weighted by Crippen LogP contribution is 2.37. The first-order chi connectivity index (χ1) is 14.1. The molecule has 3 aromatic rings. The van der Waals surface area contributed by atoms with E-state index in [-0.39, 0.29) is 6.04 Å². The number of nitrogens with zero attached hydrogens (tertiary/aromatic N) is 3. The maximum atomic E-state index is 12.1. The van der Waals surface area contributed by atoms with E-state index < -0.39 is 11.9 Å². The van der Waals surface area contributed by atoms with Gasteiger partial charge in [-0.25, -0.2) is 4.98 Å². The zero-order chi connectivity index (χ0) is 20.0. The lowest BCUT2D eigenvalue weighted by molar-refractivity contribution is -0.142. The molecular weight excluding hydrogens is 366 g/mol. The zero-order valence-electron chi connectivity index (χ0n) is 16.3. The van der Waals surface area contributed by atoms with Crippen LogP contribution in [0.2, 0.25) is 0 Å². The van der Waals surface area contributed by atoms with Crippen LogP contribution in [0, 0.1) is 5.92 Å². The molecule has 6 nitrogen and oxygen atoms in total. The summed E-state index contributed by atoms with van der Waals surface area (Å²) in [5.74, 6) is 0.502. The molecule has 0 bridgehead atoms. The Balaban J connectivity index is 1.54. The maximum Gasteiger partial charge on any atom is 0.309 e. The second-order valence-electron chi connectivity index (χ2n) is 7.72. The third-order valence-electron chi connectivity index (χ3n) is 6.11. The number of pyridine rings is 1. The number of benzene rings is 2. The maximum absolute atomic E-state index is 12.1. The number of hydrogen-bond donors (Lipinski definition) is 1. The predicted molar refractivity (Wildman–Crippen MR) is 113 cm³/mol. The highest BCUT2D eigenvalue weighted by Gasteiger charge is 2.42. The van der Waals surface area contributed by atoms with Gasteiger partial charge >= 0.3 is 5.97 Å². The van der Waals surface area contributed by atoms with E-state index in [0.717, 1.165) is 46.8 Å².